The summed E-state index contributed by atoms with van der Waals surface area (Å²) in [5, 5.41) is 8.91. The number of carboxylic acids is 1. The van der Waals surface area contributed by atoms with Crippen molar-refractivity contribution in [2.45, 2.75) is 66.9 Å². The lowest BCUT2D eigenvalue weighted by molar-refractivity contribution is -0.155. The molecule has 0 saturated carbocycles. The topological polar surface area (TPSA) is 63.6 Å². The number of quaternary nitrogens is 2. The molecule has 37 heavy (non-hydrogen) atoms. The van der Waals surface area contributed by atoms with Crippen molar-refractivity contribution < 1.29 is 36.4 Å². The Balaban J connectivity index is 0.000000698. The Bertz CT molecular complexity index is 1060. The molecule has 0 amide bonds. The Morgan fingerprint density at radius 3 is 1.49 bits per heavy atom. The van der Waals surface area contributed by atoms with E-state index in [4.69, 9.17) is 9.84 Å². The van der Waals surface area contributed by atoms with Gasteiger partial charge >= 0.3 is 11.9 Å². The quantitative estimate of drug-likeness (QED) is 0.386. The first-order chi connectivity index (χ1) is 16.4. The number of carbonyl (C=O) groups is 2. The van der Waals surface area contributed by atoms with Crippen molar-refractivity contribution in [1.29, 1.82) is 0 Å². The van der Waals surface area contributed by atoms with E-state index in [0.717, 1.165) is 24.1 Å². The summed E-state index contributed by atoms with van der Waals surface area (Å²) in [4.78, 5) is 22.9. The van der Waals surface area contributed by atoms with Gasteiger partial charge in [-0.3, -0.25) is 8.97 Å². The number of hydrogen-bond donors (Lipinski definition) is 1. The van der Waals surface area contributed by atoms with Crippen LogP contribution < -0.4 is 25.9 Å². The average molecular weight is 581 g/mol. The number of rotatable bonds is 8. The number of ether oxygens (including phenoxy) is 1. The highest BCUT2D eigenvalue weighted by Crippen LogP contribution is 2.27. The second-order valence-corrected chi connectivity index (χ2v) is 11.6. The maximum atomic E-state index is 12.1. The zero-order chi connectivity index (χ0) is 27.9. The average Bonchev–Trinajstić information content (AvgIpc) is 2.72. The number of aliphatic carboxylic acids is 1. The van der Waals surface area contributed by atoms with Crippen molar-refractivity contribution in [3.8, 4) is 0 Å². The van der Waals surface area contributed by atoms with Crippen molar-refractivity contribution in [3.05, 3.63) is 58.7 Å². The Kier molecular flexibility index (Phi) is 13.2. The normalized spacial score (nSPS) is 11.6. The van der Waals surface area contributed by atoms with Crippen molar-refractivity contribution in [3.63, 3.8) is 0 Å². The van der Waals surface area contributed by atoms with Gasteiger partial charge in [0.25, 0.3) is 0 Å². The molecule has 0 aliphatic heterocycles. The lowest BCUT2D eigenvalue weighted by atomic mass is 10.1. The van der Waals surface area contributed by atoms with Gasteiger partial charge in [-0.1, -0.05) is 38.1 Å². The molecule has 0 spiro atoms. The van der Waals surface area contributed by atoms with Crippen molar-refractivity contribution in [1.82, 2.24) is 8.97 Å². The molecular weight excluding hydrogens is 532 g/mol. The molecule has 1 N–H and O–H groups in total. The fourth-order valence-electron chi connectivity index (χ4n) is 4.26. The number of esters is 1. The third-order valence-electron chi connectivity index (χ3n) is 6.14. The smallest absolute Gasteiger partial charge is 0.362 e. The maximum absolute atomic E-state index is 12.1. The van der Waals surface area contributed by atoms with Crippen LogP contribution in [0.5, 0.6) is 0 Å². The van der Waals surface area contributed by atoms with Crippen molar-refractivity contribution in [2.75, 3.05) is 41.3 Å². The lowest BCUT2D eigenvalue weighted by Gasteiger charge is -2.31. The van der Waals surface area contributed by atoms with Crippen LogP contribution in [-0.2, 0) is 27.2 Å². The van der Waals surface area contributed by atoms with Gasteiger partial charge in [0.1, 0.15) is 17.0 Å². The summed E-state index contributed by atoms with van der Waals surface area (Å²) in [6.07, 6.45) is 1.97. The van der Waals surface area contributed by atoms with E-state index in [0.29, 0.717) is 15.5 Å². The number of likely N-dealkylation sites (N-methyl/N-ethyl adjacent to an activating group) is 2. The first-order valence-electron chi connectivity index (χ1n) is 12.7. The highest BCUT2D eigenvalue weighted by molar-refractivity contribution is 5.75. The van der Waals surface area contributed by atoms with Gasteiger partial charge in [0.15, 0.2) is 13.1 Å². The van der Waals surface area contributed by atoms with E-state index in [2.05, 4.69) is 57.2 Å². The Hall–Kier alpha value is -2.22. The molecule has 208 valence electrons. The minimum atomic E-state index is -0.772. The van der Waals surface area contributed by atoms with E-state index >= 15 is 0 Å². The first-order valence-corrected chi connectivity index (χ1v) is 12.7. The third kappa shape index (κ3) is 11.4. The van der Waals surface area contributed by atoms with E-state index in [9.17, 15) is 9.59 Å². The minimum Gasteiger partial charge on any atom is -1.00 e. The van der Waals surface area contributed by atoms with Crippen molar-refractivity contribution in [2.24, 2.45) is 0 Å². The number of halogens is 1. The Morgan fingerprint density at radius 2 is 1.16 bits per heavy atom. The first kappa shape index (κ1) is 34.8. The van der Waals surface area contributed by atoms with E-state index < -0.39 is 11.6 Å². The minimum absolute atomic E-state index is 0. The van der Waals surface area contributed by atoms with Gasteiger partial charge < -0.3 is 26.8 Å². The van der Waals surface area contributed by atoms with Gasteiger partial charge in [-0.25, -0.2) is 9.59 Å². The molecule has 0 fully saturated rings. The second-order valence-electron chi connectivity index (χ2n) is 11.6. The Morgan fingerprint density at radius 1 is 0.784 bits per heavy atom. The summed E-state index contributed by atoms with van der Waals surface area (Å²) in [6.45, 7) is 14.5. The molecule has 0 bridgehead atoms. The molecule has 0 aliphatic rings. The van der Waals surface area contributed by atoms with Crippen LogP contribution >= 0.6 is 0 Å². The van der Waals surface area contributed by atoms with Gasteiger partial charge in [0.05, 0.1) is 28.2 Å². The number of carboxylic acid groups (broad SMARTS) is 1. The van der Waals surface area contributed by atoms with E-state index in [1.807, 2.05) is 55.9 Å². The highest BCUT2D eigenvalue weighted by Gasteiger charge is 2.28. The predicted molar refractivity (Wildman–Crippen MR) is 152 cm³/mol. The van der Waals surface area contributed by atoms with Gasteiger partial charge in [0.2, 0.25) is 0 Å². The van der Waals surface area contributed by atoms with Crippen molar-refractivity contribution >= 4 is 23.3 Å². The standard InChI is InChI=1S/C17H28NO2.C13H19NO2.BrH/c1-8-14-10-9-13(2)15(11-14)18(6,7)12-16(19)20-17(3,4)5;1-5-11-7-6-10(2)12(8-11)14(3,4)9-13(15)16;/h9-11H,8,12H2,1-7H3;6-8H,5,9H2,1-4H3;1H/q+1;;. The van der Waals surface area contributed by atoms with Gasteiger partial charge in [-0.05, 0) is 58.6 Å². The molecule has 2 rings (SSSR count). The molecule has 2 aromatic carbocycles. The SMILES string of the molecule is CCc1ccc(C)c([N+](C)(C)CC(=O)O)c1.CCc1ccc(C)c([N+](C)(C)CC(=O)OC(C)(C)C)c1.[Br-]. The highest BCUT2D eigenvalue weighted by atomic mass is 79.9. The van der Waals surface area contributed by atoms with Crippen LogP contribution in [0.2, 0.25) is 0 Å². The Labute approximate surface area is 235 Å². The fourth-order valence-corrected chi connectivity index (χ4v) is 4.26. The van der Waals surface area contributed by atoms with Crippen LogP contribution in [0.25, 0.3) is 0 Å². The number of aryl methyl sites for hydroxylation is 4. The van der Waals surface area contributed by atoms with Crippen LogP contribution in [-0.4, -0.2) is 63.9 Å². The summed E-state index contributed by atoms with van der Waals surface area (Å²) >= 11 is 0. The zero-order valence-corrected chi connectivity index (χ0v) is 26.3. The third-order valence-corrected chi connectivity index (χ3v) is 6.14. The molecule has 0 saturated heterocycles. The summed E-state index contributed by atoms with van der Waals surface area (Å²) in [6, 6.07) is 12.7. The zero-order valence-electron chi connectivity index (χ0n) is 24.7. The van der Waals surface area contributed by atoms with Crippen LogP contribution in [0.3, 0.4) is 0 Å². The summed E-state index contributed by atoms with van der Waals surface area (Å²) in [7, 11) is 7.95. The molecule has 0 aromatic heterocycles. The summed E-state index contributed by atoms with van der Waals surface area (Å²) in [5.41, 5.74) is 6.71. The number of carbonyl (C=O) groups excluding carboxylic acids is 1. The number of hydrogen-bond acceptors (Lipinski definition) is 3. The monoisotopic (exact) mass is 579 g/mol. The molecule has 0 unspecified atom stereocenters. The van der Waals surface area contributed by atoms with E-state index in [1.165, 1.54) is 22.4 Å². The second kappa shape index (κ2) is 14.1. The van der Waals surface area contributed by atoms with Crippen LogP contribution in [0.4, 0.5) is 11.4 Å². The maximum Gasteiger partial charge on any atom is 0.362 e. The van der Waals surface area contributed by atoms with Gasteiger partial charge in [-0.2, -0.15) is 0 Å². The van der Waals surface area contributed by atoms with E-state index in [1.54, 1.807) is 0 Å². The summed E-state index contributed by atoms with van der Waals surface area (Å²) in [5.74, 6) is -0.935. The lowest BCUT2D eigenvalue weighted by Crippen LogP contribution is -3.00. The molecule has 7 heteroatoms. The molecule has 2 aromatic rings. The molecular formula is C30H48BrN2O4+. The summed E-state index contributed by atoms with van der Waals surface area (Å²) < 4.78 is 6.33. The van der Waals surface area contributed by atoms with Crippen LogP contribution in [0.1, 0.15) is 56.9 Å². The largest absolute Gasteiger partial charge is 1.00 e. The fraction of sp³-hybridized carbons (Fsp3) is 0.533. The molecule has 0 heterocycles. The molecule has 6 nitrogen and oxygen atoms in total. The predicted octanol–water partition coefficient (Wildman–Crippen LogP) is 2.68. The van der Waals surface area contributed by atoms with Crippen LogP contribution in [0, 0.1) is 13.8 Å². The number of benzene rings is 2. The molecule has 0 aliphatic carbocycles. The van der Waals surface area contributed by atoms with Crippen LogP contribution in [0.15, 0.2) is 36.4 Å². The number of nitrogens with zero attached hydrogens (tertiary/aromatic N) is 2. The van der Waals surface area contributed by atoms with Gasteiger partial charge in [-0.15, -0.1) is 0 Å². The molecule has 0 radical (unpaired) electrons. The van der Waals surface area contributed by atoms with Gasteiger partial charge in [0, 0.05) is 23.3 Å². The van der Waals surface area contributed by atoms with E-state index in [-0.39, 0.29) is 29.5 Å². The molecule has 0 atom stereocenters.